The van der Waals surface area contributed by atoms with Crippen LogP contribution in [0.2, 0.25) is 18.1 Å². The van der Waals surface area contributed by atoms with Gasteiger partial charge in [-0.3, -0.25) is 0 Å². The normalized spacial score (nSPS) is 19.3. The summed E-state index contributed by atoms with van der Waals surface area (Å²) in [5.41, 5.74) is 2.92. The van der Waals surface area contributed by atoms with Crippen LogP contribution in [-0.2, 0) is 9.31 Å². The summed E-state index contributed by atoms with van der Waals surface area (Å²) >= 11 is 0. The van der Waals surface area contributed by atoms with Crippen LogP contribution in [-0.4, -0.2) is 26.6 Å². The second kappa shape index (κ2) is 7.73. The van der Waals surface area contributed by atoms with E-state index in [1.807, 2.05) is 0 Å². The molecular formula is C24H43BO3Si. The van der Waals surface area contributed by atoms with Crippen molar-refractivity contribution in [2.45, 2.75) is 117 Å². The van der Waals surface area contributed by atoms with E-state index in [1.165, 1.54) is 11.1 Å². The molecule has 1 aromatic carbocycles. The Morgan fingerprint density at radius 2 is 1.24 bits per heavy atom. The molecule has 0 aromatic heterocycles. The molecule has 1 aromatic rings. The molecule has 1 fully saturated rings. The molecule has 0 atom stereocenters. The van der Waals surface area contributed by atoms with Crippen molar-refractivity contribution in [1.29, 1.82) is 0 Å². The molecule has 0 amide bonds. The molecule has 0 bridgehead atoms. The standard InChI is InChI=1S/C24H43BO3Si/c1-16(2)19-14-18(25-27-23(8,9)24(10,11)28-25)15-20(17(3)4)21(19)26-29(12,13)22(5,6)7/h14-17H,1-13H3. The highest BCUT2D eigenvalue weighted by Crippen LogP contribution is 2.43. The zero-order valence-corrected chi connectivity index (χ0v) is 22.1. The minimum Gasteiger partial charge on any atom is -0.543 e. The quantitative estimate of drug-likeness (QED) is 0.503. The van der Waals surface area contributed by atoms with Crippen LogP contribution in [0.5, 0.6) is 5.75 Å². The zero-order chi connectivity index (χ0) is 22.6. The van der Waals surface area contributed by atoms with Gasteiger partial charge >= 0.3 is 7.12 Å². The molecular weight excluding hydrogens is 375 g/mol. The van der Waals surface area contributed by atoms with Crippen molar-refractivity contribution in [3.63, 3.8) is 0 Å². The van der Waals surface area contributed by atoms with Crippen LogP contribution in [0.1, 0.15) is 99.1 Å². The molecule has 0 saturated carbocycles. The van der Waals surface area contributed by atoms with E-state index in [4.69, 9.17) is 13.7 Å². The molecule has 29 heavy (non-hydrogen) atoms. The number of benzene rings is 1. The lowest BCUT2D eigenvalue weighted by Gasteiger charge is -2.38. The first-order valence-electron chi connectivity index (χ1n) is 11.1. The third kappa shape index (κ3) is 4.77. The topological polar surface area (TPSA) is 27.7 Å². The van der Waals surface area contributed by atoms with Crippen molar-refractivity contribution in [2.24, 2.45) is 0 Å². The van der Waals surface area contributed by atoms with Crippen LogP contribution in [0, 0.1) is 0 Å². The Hall–Kier alpha value is -0.778. The predicted molar refractivity (Wildman–Crippen MR) is 128 cm³/mol. The van der Waals surface area contributed by atoms with Crippen molar-refractivity contribution in [3.05, 3.63) is 23.3 Å². The van der Waals surface area contributed by atoms with E-state index >= 15 is 0 Å². The average Bonchev–Trinajstić information content (AvgIpc) is 2.73. The third-order valence-corrected chi connectivity index (χ3v) is 11.4. The van der Waals surface area contributed by atoms with E-state index in [0.29, 0.717) is 11.8 Å². The summed E-state index contributed by atoms with van der Waals surface area (Å²) in [4.78, 5) is 0. The Labute approximate surface area is 181 Å². The van der Waals surface area contributed by atoms with Crippen LogP contribution in [0.3, 0.4) is 0 Å². The summed E-state index contributed by atoms with van der Waals surface area (Å²) in [5, 5.41) is 0.153. The summed E-state index contributed by atoms with van der Waals surface area (Å²) in [5.74, 6) is 1.80. The van der Waals surface area contributed by atoms with Gasteiger partial charge in [-0.2, -0.15) is 0 Å². The fraction of sp³-hybridized carbons (Fsp3) is 0.750. The second-order valence-corrected chi connectivity index (χ2v) is 16.5. The molecule has 164 valence electrons. The van der Waals surface area contributed by atoms with Gasteiger partial charge in [0.05, 0.1) is 11.2 Å². The van der Waals surface area contributed by atoms with Crippen molar-refractivity contribution in [2.75, 3.05) is 0 Å². The smallest absolute Gasteiger partial charge is 0.494 e. The van der Waals surface area contributed by atoms with Crippen molar-refractivity contribution < 1.29 is 13.7 Å². The van der Waals surface area contributed by atoms with Crippen molar-refractivity contribution >= 4 is 20.9 Å². The molecule has 0 unspecified atom stereocenters. The lowest BCUT2D eigenvalue weighted by atomic mass is 9.75. The van der Waals surface area contributed by atoms with E-state index < -0.39 is 8.32 Å². The minimum absolute atomic E-state index is 0.153. The van der Waals surface area contributed by atoms with E-state index in [2.05, 4.69) is 101 Å². The maximum absolute atomic E-state index is 6.91. The lowest BCUT2D eigenvalue weighted by molar-refractivity contribution is 0.00578. The maximum atomic E-state index is 6.91. The number of rotatable bonds is 5. The van der Waals surface area contributed by atoms with E-state index in [1.54, 1.807) is 0 Å². The first kappa shape index (κ1) is 24.5. The molecule has 0 N–H and O–H groups in total. The number of hydrogen-bond donors (Lipinski definition) is 0. The van der Waals surface area contributed by atoms with Crippen LogP contribution in [0.4, 0.5) is 0 Å². The summed E-state index contributed by atoms with van der Waals surface area (Å²) in [6.07, 6.45) is 0. The molecule has 1 heterocycles. The first-order valence-corrected chi connectivity index (χ1v) is 14.0. The Morgan fingerprint density at radius 1 is 0.862 bits per heavy atom. The van der Waals surface area contributed by atoms with E-state index in [-0.39, 0.29) is 23.4 Å². The molecule has 1 aliphatic heterocycles. The van der Waals surface area contributed by atoms with Crippen LogP contribution in [0.15, 0.2) is 12.1 Å². The maximum Gasteiger partial charge on any atom is 0.494 e. The molecule has 5 heteroatoms. The molecule has 0 spiro atoms. The van der Waals surface area contributed by atoms with Gasteiger partial charge in [0.15, 0.2) is 0 Å². The highest BCUT2D eigenvalue weighted by atomic mass is 28.4. The highest BCUT2D eigenvalue weighted by molar-refractivity contribution is 6.74. The third-order valence-electron chi connectivity index (χ3n) is 7.10. The second-order valence-electron chi connectivity index (χ2n) is 11.8. The van der Waals surface area contributed by atoms with Crippen LogP contribution < -0.4 is 9.89 Å². The Kier molecular flexibility index (Phi) is 6.52. The fourth-order valence-corrected chi connectivity index (χ4v) is 4.25. The molecule has 2 rings (SSSR count). The minimum atomic E-state index is -1.96. The number of hydrogen-bond acceptors (Lipinski definition) is 3. The van der Waals surface area contributed by atoms with Crippen molar-refractivity contribution in [3.8, 4) is 5.75 Å². The van der Waals surface area contributed by atoms with Crippen LogP contribution in [0.25, 0.3) is 0 Å². The monoisotopic (exact) mass is 418 g/mol. The highest BCUT2D eigenvalue weighted by Gasteiger charge is 2.52. The molecule has 1 aliphatic rings. The van der Waals surface area contributed by atoms with Gasteiger partial charge in [-0.15, -0.1) is 0 Å². The summed E-state index contributed by atoms with van der Waals surface area (Å²) in [7, 11) is -2.31. The van der Waals surface area contributed by atoms with Gasteiger partial charge in [-0.1, -0.05) is 60.6 Å². The fourth-order valence-electron chi connectivity index (χ4n) is 3.20. The summed E-state index contributed by atoms with van der Waals surface area (Å²) in [6, 6.07) is 4.50. The molecule has 0 radical (unpaired) electrons. The van der Waals surface area contributed by atoms with Gasteiger partial charge in [0.2, 0.25) is 0 Å². The van der Waals surface area contributed by atoms with Crippen LogP contribution >= 0.6 is 0 Å². The SMILES string of the molecule is CC(C)c1cc(B2OC(C)(C)C(C)(C)O2)cc(C(C)C)c1O[Si](C)(C)C(C)(C)C. The Bertz CT molecular complexity index is 700. The van der Waals surface area contributed by atoms with Gasteiger partial charge in [0.25, 0.3) is 8.32 Å². The Morgan fingerprint density at radius 3 is 1.55 bits per heavy atom. The molecule has 3 nitrogen and oxygen atoms in total. The van der Waals surface area contributed by atoms with Gasteiger partial charge in [0, 0.05) is 0 Å². The molecule has 0 aliphatic carbocycles. The lowest BCUT2D eigenvalue weighted by Crippen LogP contribution is -2.44. The largest absolute Gasteiger partial charge is 0.543 e. The van der Waals surface area contributed by atoms with Gasteiger partial charge in [0.1, 0.15) is 5.75 Å². The summed E-state index contributed by atoms with van der Waals surface area (Å²) in [6.45, 7) is 28.9. The van der Waals surface area contributed by atoms with Crippen molar-refractivity contribution in [1.82, 2.24) is 0 Å². The predicted octanol–water partition coefficient (Wildman–Crippen LogP) is 6.62. The van der Waals surface area contributed by atoms with Gasteiger partial charge in [-0.25, -0.2) is 0 Å². The van der Waals surface area contributed by atoms with E-state index in [0.717, 1.165) is 11.2 Å². The summed E-state index contributed by atoms with van der Waals surface area (Å²) < 4.78 is 19.6. The Balaban J connectivity index is 2.60. The average molecular weight is 419 g/mol. The zero-order valence-electron chi connectivity index (χ0n) is 21.1. The first-order chi connectivity index (χ1) is 12.9. The molecule has 1 saturated heterocycles. The van der Waals surface area contributed by atoms with Gasteiger partial charge < -0.3 is 13.7 Å². The van der Waals surface area contributed by atoms with E-state index in [9.17, 15) is 0 Å². The van der Waals surface area contributed by atoms with Gasteiger partial charge in [-0.05, 0) is 74.3 Å².